The average Bonchev–Trinajstić information content (AvgIpc) is 3.05. The maximum absolute atomic E-state index is 11.9. The Morgan fingerprint density at radius 1 is 1.08 bits per heavy atom. The molecule has 1 aliphatic heterocycles. The van der Waals surface area contributed by atoms with Crippen molar-refractivity contribution in [1.82, 2.24) is 10.2 Å². The van der Waals surface area contributed by atoms with Crippen LogP contribution in [0, 0.1) is 0 Å². The Morgan fingerprint density at radius 3 is 2.71 bits per heavy atom. The van der Waals surface area contributed by atoms with Gasteiger partial charge in [-0.05, 0) is 48.1 Å². The van der Waals surface area contributed by atoms with Gasteiger partial charge in [0.1, 0.15) is 5.58 Å². The molecule has 0 unspecified atom stereocenters. The van der Waals surface area contributed by atoms with Crippen molar-refractivity contribution >= 4 is 11.0 Å². The molecule has 0 radical (unpaired) electrons. The number of hydrogen-bond donors (Lipinski definition) is 1. The Morgan fingerprint density at radius 2 is 1.88 bits per heavy atom. The van der Waals surface area contributed by atoms with E-state index in [0.29, 0.717) is 6.54 Å². The molecule has 0 bridgehead atoms. The molecule has 5 nitrogen and oxygen atoms in total. The number of hydrogen-bond acceptors (Lipinski definition) is 5. The third-order valence-electron chi connectivity index (χ3n) is 5.07. The first-order valence-electron chi connectivity index (χ1n) is 8.89. The van der Waals surface area contributed by atoms with E-state index < -0.39 is 0 Å². The lowest BCUT2D eigenvalue weighted by atomic mass is 10.0. The number of ether oxygens (including phenoxy) is 1. The van der Waals surface area contributed by atoms with Crippen LogP contribution in [0.25, 0.3) is 11.0 Å². The normalized spacial score (nSPS) is 18.2. The van der Waals surface area contributed by atoms with Crippen molar-refractivity contribution in [3.8, 4) is 0 Å². The van der Waals surface area contributed by atoms with Gasteiger partial charge < -0.3 is 14.5 Å². The standard InChI is InChI=1S/C19H24N2O3/c22-19-12-16(13-20-4-5-21-6-8-23-9-7-21)17-10-14-2-1-3-15(14)11-18(17)24-19/h10-12,20H,1-9,13H2. The van der Waals surface area contributed by atoms with E-state index in [1.54, 1.807) is 6.07 Å². The first-order chi connectivity index (χ1) is 11.8. The summed E-state index contributed by atoms with van der Waals surface area (Å²) in [6.07, 6.45) is 3.42. The number of aryl methyl sites for hydroxylation is 2. The molecule has 1 fully saturated rings. The SMILES string of the molecule is O=c1cc(CNCCN2CCOCC2)c2cc3c(cc2o1)CCC3. The van der Waals surface area contributed by atoms with Crippen LogP contribution in [0.3, 0.4) is 0 Å². The summed E-state index contributed by atoms with van der Waals surface area (Å²) in [6.45, 7) is 6.29. The van der Waals surface area contributed by atoms with Gasteiger partial charge in [0, 0.05) is 44.2 Å². The van der Waals surface area contributed by atoms with E-state index in [-0.39, 0.29) is 5.63 Å². The van der Waals surface area contributed by atoms with E-state index in [1.807, 2.05) is 0 Å². The number of morpholine rings is 1. The van der Waals surface area contributed by atoms with E-state index in [4.69, 9.17) is 9.15 Å². The molecule has 1 aromatic heterocycles. The van der Waals surface area contributed by atoms with Crippen molar-refractivity contribution < 1.29 is 9.15 Å². The highest BCUT2D eigenvalue weighted by Crippen LogP contribution is 2.28. The van der Waals surface area contributed by atoms with Crippen molar-refractivity contribution in [3.05, 3.63) is 45.3 Å². The summed E-state index contributed by atoms with van der Waals surface area (Å²) < 4.78 is 10.8. The maximum atomic E-state index is 11.9. The molecule has 2 aromatic rings. The lowest BCUT2D eigenvalue weighted by Gasteiger charge is -2.26. The predicted molar refractivity (Wildman–Crippen MR) is 93.5 cm³/mol. The molecule has 24 heavy (non-hydrogen) atoms. The zero-order valence-electron chi connectivity index (χ0n) is 14.0. The van der Waals surface area contributed by atoms with Gasteiger partial charge in [0.15, 0.2) is 0 Å². The predicted octanol–water partition coefficient (Wildman–Crippen LogP) is 1.70. The second-order valence-electron chi connectivity index (χ2n) is 6.69. The summed E-state index contributed by atoms with van der Waals surface area (Å²) in [4.78, 5) is 14.3. The Kier molecular flexibility index (Phi) is 4.65. The number of nitrogens with one attached hydrogen (secondary N) is 1. The first-order valence-corrected chi connectivity index (χ1v) is 8.89. The minimum atomic E-state index is -0.259. The fourth-order valence-corrected chi connectivity index (χ4v) is 3.73. The van der Waals surface area contributed by atoms with Crippen molar-refractivity contribution in [1.29, 1.82) is 0 Å². The molecule has 1 aliphatic carbocycles. The van der Waals surface area contributed by atoms with Gasteiger partial charge in [0.2, 0.25) is 0 Å². The number of nitrogens with zero attached hydrogens (tertiary/aromatic N) is 1. The van der Waals surface area contributed by atoms with Crippen LogP contribution in [0.1, 0.15) is 23.1 Å². The van der Waals surface area contributed by atoms with E-state index in [1.165, 1.54) is 17.5 Å². The molecule has 0 amide bonds. The molecular formula is C19H24N2O3. The molecule has 5 heteroatoms. The molecule has 128 valence electrons. The van der Waals surface area contributed by atoms with E-state index in [0.717, 1.165) is 68.8 Å². The van der Waals surface area contributed by atoms with Gasteiger partial charge in [-0.15, -0.1) is 0 Å². The smallest absolute Gasteiger partial charge is 0.336 e. The van der Waals surface area contributed by atoms with Gasteiger partial charge in [-0.3, -0.25) is 4.90 Å². The first kappa shape index (κ1) is 15.8. The molecule has 0 atom stereocenters. The van der Waals surface area contributed by atoms with Crippen molar-refractivity contribution in [2.75, 3.05) is 39.4 Å². The fourth-order valence-electron chi connectivity index (χ4n) is 3.73. The Labute approximate surface area is 141 Å². The van der Waals surface area contributed by atoms with Gasteiger partial charge in [0.05, 0.1) is 13.2 Å². The van der Waals surface area contributed by atoms with Gasteiger partial charge in [0.25, 0.3) is 0 Å². The molecule has 1 N–H and O–H groups in total. The summed E-state index contributed by atoms with van der Waals surface area (Å²) in [5.41, 5.74) is 4.26. The summed E-state index contributed by atoms with van der Waals surface area (Å²) in [5.74, 6) is 0. The van der Waals surface area contributed by atoms with Crippen LogP contribution in [0.4, 0.5) is 0 Å². The number of benzene rings is 1. The summed E-state index contributed by atoms with van der Waals surface area (Å²) >= 11 is 0. The number of rotatable bonds is 5. The Hall–Kier alpha value is -1.69. The second kappa shape index (κ2) is 7.05. The molecular weight excluding hydrogens is 304 g/mol. The molecule has 2 heterocycles. The molecule has 1 saturated heterocycles. The number of fused-ring (bicyclic) bond motifs is 2. The quantitative estimate of drug-likeness (QED) is 0.669. The summed E-state index contributed by atoms with van der Waals surface area (Å²) in [6, 6.07) is 5.92. The highest BCUT2D eigenvalue weighted by Gasteiger charge is 2.15. The van der Waals surface area contributed by atoms with Gasteiger partial charge >= 0.3 is 5.63 Å². The lowest BCUT2D eigenvalue weighted by Crippen LogP contribution is -2.40. The van der Waals surface area contributed by atoms with Crippen LogP contribution >= 0.6 is 0 Å². The lowest BCUT2D eigenvalue weighted by molar-refractivity contribution is 0.0384. The van der Waals surface area contributed by atoms with Crippen molar-refractivity contribution in [3.63, 3.8) is 0 Å². The van der Waals surface area contributed by atoms with Gasteiger partial charge in [-0.25, -0.2) is 4.79 Å². The topological polar surface area (TPSA) is 54.7 Å². The van der Waals surface area contributed by atoms with Crippen LogP contribution in [-0.4, -0.2) is 44.3 Å². The van der Waals surface area contributed by atoms with Gasteiger partial charge in [-0.2, -0.15) is 0 Å². The van der Waals surface area contributed by atoms with Crippen LogP contribution < -0.4 is 10.9 Å². The van der Waals surface area contributed by atoms with Crippen LogP contribution in [0.5, 0.6) is 0 Å². The summed E-state index contributed by atoms with van der Waals surface area (Å²) in [7, 11) is 0. The van der Waals surface area contributed by atoms with Crippen LogP contribution in [0.2, 0.25) is 0 Å². The zero-order chi connectivity index (χ0) is 16.4. The maximum Gasteiger partial charge on any atom is 0.336 e. The molecule has 0 saturated carbocycles. The monoisotopic (exact) mass is 328 g/mol. The Bertz CT molecular complexity index is 778. The van der Waals surface area contributed by atoms with Crippen LogP contribution in [-0.2, 0) is 24.1 Å². The third kappa shape index (κ3) is 3.38. The zero-order valence-corrected chi connectivity index (χ0v) is 14.0. The molecule has 0 spiro atoms. The molecule has 1 aromatic carbocycles. The van der Waals surface area contributed by atoms with E-state index >= 15 is 0 Å². The fraction of sp³-hybridized carbons (Fsp3) is 0.526. The molecule has 2 aliphatic rings. The van der Waals surface area contributed by atoms with E-state index in [2.05, 4.69) is 22.3 Å². The van der Waals surface area contributed by atoms with E-state index in [9.17, 15) is 4.79 Å². The second-order valence-corrected chi connectivity index (χ2v) is 6.69. The van der Waals surface area contributed by atoms with Crippen LogP contribution in [0.15, 0.2) is 27.4 Å². The largest absolute Gasteiger partial charge is 0.423 e. The Balaban J connectivity index is 1.46. The molecule has 4 rings (SSSR count). The highest BCUT2D eigenvalue weighted by atomic mass is 16.5. The highest BCUT2D eigenvalue weighted by molar-refractivity contribution is 5.82. The summed E-state index contributed by atoms with van der Waals surface area (Å²) in [5, 5.41) is 4.55. The van der Waals surface area contributed by atoms with Crippen molar-refractivity contribution in [2.45, 2.75) is 25.8 Å². The minimum absolute atomic E-state index is 0.259. The van der Waals surface area contributed by atoms with Crippen molar-refractivity contribution in [2.24, 2.45) is 0 Å². The third-order valence-corrected chi connectivity index (χ3v) is 5.07. The van der Waals surface area contributed by atoms with Gasteiger partial charge in [-0.1, -0.05) is 0 Å². The average molecular weight is 328 g/mol. The minimum Gasteiger partial charge on any atom is -0.423 e.